The molecule has 0 aliphatic heterocycles. The van der Waals surface area contributed by atoms with Crippen LogP contribution in [0.2, 0.25) is 0 Å². The summed E-state index contributed by atoms with van der Waals surface area (Å²) < 4.78 is 4.81. The summed E-state index contributed by atoms with van der Waals surface area (Å²) >= 11 is 0. The van der Waals surface area contributed by atoms with Gasteiger partial charge in [-0.15, -0.1) is 0 Å². The van der Waals surface area contributed by atoms with Gasteiger partial charge in [-0.2, -0.15) is 0 Å². The molecular weight excluding hydrogens is 220 g/mol. The maximum Gasteiger partial charge on any atom is 0.330 e. The molecular formula is C13H22O4. The Bertz CT molecular complexity index is 248. The number of ether oxygens (including phenoxy) is 1. The molecule has 0 rings (SSSR count). The number of hydrogen-bond donors (Lipinski definition) is 1. The highest BCUT2D eigenvalue weighted by molar-refractivity contribution is 5.81. The lowest BCUT2D eigenvalue weighted by Gasteiger charge is -2.11. The van der Waals surface area contributed by atoms with Crippen molar-refractivity contribution < 1.29 is 19.4 Å². The summed E-state index contributed by atoms with van der Waals surface area (Å²) in [5, 5.41) is 8.98. The second-order valence-corrected chi connectivity index (χ2v) is 4.04. The number of carbonyl (C=O) groups excluding carboxylic acids is 1. The molecule has 0 bridgehead atoms. The van der Waals surface area contributed by atoms with E-state index in [4.69, 9.17) is 9.84 Å². The van der Waals surface area contributed by atoms with E-state index in [0.717, 1.165) is 31.8 Å². The average molecular weight is 242 g/mol. The van der Waals surface area contributed by atoms with E-state index in [-0.39, 0.29) is 5.92 Å². The van der Waals surface area contributed by atoms with Crippen LogP contribution in [0.5, 0.6) is 0 Å². The van der Waals surface area contributed by atoms with Crippen LogP contribution in [0.4, 0.5) is 0 Å². The van der Waals surface area contributed by atoms with Crippen LogP contribution in [0.3, 0.4) is 0 Å². The minimum Gasteiger partial charge on any atom is -0.481 e. The van der Waals surface area contributed by atoms with Crippen molar-refractivity contribution in [3.05, 3.63) is 12.7 Å². The zero-order valence-corrected chi connectivity index (χ0v) is 10.5. The number of rotatable bonds is 10. The van der Waals surface area contributed by atoms with E-state index in [0.29, 0.717) is 19.4 Å². The highest BCUT2D eigenvalue weighted by Crippen LogP contribution is 2.16. The predicted octanol–water partition coefficient (Wildman–Crippen LogP) is 2.78. The fourth-order valence-electron chi connectivity index (χ4n) is 1.57. The van der Waals surface area contributed by atoms with Crippen molar-refractivity contribution in [2.45, 2.75) is 45.4 Å². The van der Waals surface area contributed by atoms with Crippen molar-refractivity contribution in [1.82, 2.24) is 0 Å². The van der Waals surface area contributed by atoms with Gasteiger partial charge < -0.3 is 9.84 Å². The molecule has 0 aliphatic carbocycles. The normalized spacial score (nSPS) is 11.8. The summed E-state index contributed by atoms with van der Waals surface area (Å²) in [6.45, 7) is 5.68. The molecule has 0 spiro atoms. The molecule has 0 amide bonds. The van der Waals surface area contributed by atoms with Crippen molar-refractivity contribution in [2.75, 3.05) is 6.61 Å². The summed E-state index contributed by atoms with van der Waals surface area (Å²) in [7, 11) is 0. The first-order valence-corrected chi connectivity index (χ1v) is 6.13. The van der Waals surface area contributed by atoms with Gasteiger partial charge in [-0.3, -0.25) is 4.79 Å². The molecule has 0 saturated carbocycles. The Hall–Kier alpha value is -1.32. The zero-order chi connectivity index (χ0) is 13.1. The molecule has 17 heavy (non-hydrogen) atoms. The molecule has 0 aromatic heterocycles. The van der Waals surface area contributed by atoms with Crippen LogP contribution in [-0.4, -0.2) is 23.7 Å². The van der Waals surface area contributed by atoms with E-state index in [1.54, 1.807) is 0 Å². The number of aliphatic carboxylic acids is 1. The van der Waals surface area contributed by atoms with Gasteiger partial charge >= 0.3 is 11.9 Å². The van der Waals surface area contributed by atoms with E-state index in [1.807, 2.05) is 6.92 Å². The lowest BCUT2D eigenvalue weighted by atomic mass is 9.96. The zero-order valence-electron chi connectivity index (χ0n) is 10.5. The van der Waals surface area contributed by atoms with Crippen molar-refractivity contribution >= 4 is 11.9 Å². The lowest BCUT2D eigenvalue weighted by Crippen LogP contribution is -2.14. The van der Waals surface area contributed by atoms with Gasteiger partial charge in [0, 0.05) is 6.08 Å². The first-order valence-electron chi connectivity index (χ1n) is 6.13. The number of carboxylic acids is 1. The molecule has 0 aliphatic rings. The van der Waals surface area contributed by atoms with E-state index >= 15 is 0 Å². The van der Waals surface area contributed by atoms with Gasteiger partial charge in [0.15, 0.2) is 0 Å². The maximum absolute atomic E-state index is 10.9. The van der Waals surface area contributed by atoms with E-state index in [1.165, 1.54) is 0 Å². The van der Waals surface area contributed by atoms with Gasteiger partial charge in [0.2, 0.25) is 0 Å². The largest absolute Gasteiger partial charge is 0.481 e. The average Bonchev–Trinajstić information content (AvgIpc) is 2.31. The molecule has 0 radical (unpaired) electrons. The molecule has 0 aromatic carbocycles. The Kier molecular flexibility index (Phi) is 9.11. The van der Waals surface area contributed by atoms with Crippen LogP contribution in [0.15, 0.2) is 12.7 Å². The Labute approximate surface area is 103 Å². The second kappa shape index (κ2) is 9.87. The summed E-state index contributed by atoms with van der Waals surface area (Å²) in [6, 6.07) is 0. The number of carboxylic acid groups (broad SMARTS) is 1. The van der Waals surface area contributed by atoms with Crippen LogP contribution < -0.4 is 0 Å². The lowest BCUT2D eigenvalue weighted by molar-refractivity contribution is -0.142. The fraction of sp³-hybridized carbons (Fsp3) is 0.692. The minimum atomic E-state index is -0.721. The maximum atomic E-state index is 10.9. The topological polar surface area (TPSA) is 63.6 Å². The summed E-state index contributed by atoms with van der Waals surface area (Å²) in [4.78, 5) is 21.6. The van der Waals surface area contributed by atoms with Crippen molar-refractivity contribution in [1.29, 1.82) is 0 Å². The Morgan fingerprint density at radius 3 is 2.47 bits per heavy atom. The highest BCUT2D eigenvalue weighted by atomic mass is 16.5. The van der Waals surface area contributed by atoms with Gasteiger partial charge in [0.25, 0.3) is 0 Å². The monoisotopic (exact) mass is 242 g/mol. The van der Waals surface area contributed by atoms with Gasteiger partial charge in [-0.05, 0) is 25.7 Å². The highest BCUT2D eigenvalue weighted by Gasteiger charge is 2.15. The first kappa shape index (κ1) is 15.7. The molecule has 0 saturated heterocycles. The first-order chi connectivity index (χ1) is 8.11. The quantitative estimate of drug-likeness (QED) is 0.363. The number of hydrogen-bond acceptors (Lipinski definition) is 3. The standard InChI is InChI=1S/C13H22O4/c1-3-5-8-11(13(15)16)9-6-7-10-17-12(14)4-2/h4,11H,2-3,5-10H2,1H3,(H,15,16). The number of unbranched alkanes of at least 4 members (excludes halogenated alkanes) is 2. The van der Waals surface area contributed by atoms with Crippen LogP contribution in [-0.2, 0) is 14.3 Å². The number of carbonyl (C=O) groups is 2. The van der Waals surface area contributed by atoms with Crippen LogP contribution >= 0.6 is 0 Å². The third-order valence-corrected chi connectivity index (χ3v) is 2.61. The van der Waals surface area contributed by atoms with Crippen molar-refractivity contribution in [3.8, 4) is 0 Å². The predicted molar refractivity (Wildman–Crippen MR) is 65.7 cm³/mol. The smallest absolute Gasteiger partial charge is 0.330 e. The minimum absolute atomic E-state index is 0.259. The van der Waals surface area contributed by atoms with E-state index in [2.05, 4.69) is 6.58 Å². The summed E-state index contributed by atoms with van der Waals surface area (Å²) in [6.07, 6.45) is 5.95. The Morgan fingerprint density at radius 2 is 1.94 bits per heavy atom. The molecule has 1 unspecified atom stereocenters. The molecule has 98 valence electrons. The fourth-order valence-corrected chi connectivity index (χ4v) is 1.57. The molecule has 1 N–H and O–H groups in total. The van der Waals surface area contributed by atoms with Crippen LogP contribution in [0, 0.1) is 5.92 Å². The van der Waals surface area contributed by atoms with Crippen molar-refractivity contribution in [3.63, 3.8) is 0 Å². The SMILES string of the molecule is C=CC(=O)OCCCCC(CCCC)C(=O)O. The molecule has 0 fully saturated rings. The van der Waals surface area contributed by atoms with E-state index < -0.39 is 11.9 Å². The molecule has 4 nitrogen and oxygen atoms in total. The van der Waals surface area contributed by atoms with Gasteiger partial charge in [0.05, 0.1) is 12.5 Å². The van der Waals surface area contributed by atoms with Gasteiger partial charge in [-0.25, -0.2) is 4.79 Å². The summed E-state index contributed by atoms with van der Waals surface area (Å²) in [5.74, 6) is -1.41. The second-order valence-electron chi connectivity index (χ2n) is 4.04. The Morgan fingerprint density at radius 1 is 1.29 bits per heavy atom. The third kappa shape index (κ3) is 8.48. The third-order valence-electron chi connectivity index (χ3n) is 2.61. The van der Waals surface area contributed by atoms with Gasteiger partial charge in [-0.1, -0.05) is 26.3 Å². The van der Waals surface area contributed by atoms with Crippen LogP contribution in [0.25, 0.3) is 0 Å². The summed E-state index contributed by atoms with van der Waals surface area (Å²) in [5.41, 5.74) is 0. The molecule has 0 aromatic rings. The van der Waals surface area contributed by atoms with Crippen LogP contribution in [0.1, 0.15) is 45.4 Å². The molecule has 1 atom stereocenters. The van der Waals surface area contributed by atoms with Gasteiger partial charge in [0.1, 0.15) is 0 Å². The molecule has 4 heteroatoms. The van der Waals surface area contributed by atoms with Crippen molar-refractivity contribution in [2.24, 2.45) is 5.92 Å². The Balaban J connectivity index is 3.64. The van der Waals surface area contributed by atoms with E-state index in [9.17, 15) is 9.59 Å². The molecule has 0 heterocycles. The number of esters is 1.